The Hall–Kier alpha value is -0.510. The van der Waals surface area contributed by atoms with Gasteiger partial charge in [0.1, 0.15) is 5.82 Å². The van der Waals surface area contributed by atoms with Gasteiger partial charge in [-0.3, -0.25) is 0 Å². The van der Waals surface area contributed by atoms with E-state index in [0.717, 1.165) is 25.7 Å². The fraction of sp³-hybridized carbons (Fsp3) is 0.500. The van der Waals surface area contributed by atoms with Crippen molar-refractivity contribution >= 4 is 28.9 Å². The van der Waals surface area contributed by atoms with Crippen LogP contribution in [0.2, 0.25) is 10.0 Å². The first-order chi connectivity index (χ1) is 8.00. The van der Waals surface area contributed by atoms with Crippen molar-refractivity contribution in [2.75, 3.05) is 11.9 Å². The average Bonchev–Trinajstić information content (AvgIpc) is 2.64. The van der Waals surface area contributed by atoms with E-state index in [1.54, 1.807) is 0 Å². The first-order valence-corrected chi connectivity index (χ1v) is 6.37. The van der Waals surface area contributed by atoms with Gasteiger partial charge in [0.2, 0.25) is 0 Å². The van der Waals surface area contributed by atoms with Gasteiger partial charge in [0, 0.05) is 6.54 Å². The molecule has 0 aliphatic heterocycles. The summed E-state index contributed by atoms with van der Waals surface area (Å²) < 4.78 is 13.0. The summed E-state index contributed by atoms with van der Waals surface area (Å²) in [6.07, 6.45) is 3.61. The molecular weight excluding hydrogens is 264 g/mol. The van der Waals surface area contributed by atoms with Crippen molar-refractivity contribution in [2.45, 2.75) is 31.3 Å². The minimum atomic E-state index is -0.693. The Morgan fingerprint density at radius 3 is 2.29 bits per heavy atom. The van der Waals surface area contributed by atoms with Crippen LogP contribution in [0.5, 0.6) is 0 Å². The van der Waals surface area contributed by atoms with Crippen LogP contribution in [0.3, 0.4) is 0 Å². The van der Waals surface area contributed by atoms with Crippen molar-refractivity contribution in [3.63, 3.8) is 0 Å². The molecule has 1 aromatic rings. The number of aliphatic hydroxyl groups is 1. The van der Waals surface area contributed by atoms with Gasteiger partial charge in [0.05, 0.1) is 21.3 Å². The van der Waals surface area contributed by atoms with Crippen LogP contribution in [0.15, 0.2) is 12.1 Å². The van der Waals surface area contributed by atoms with E-state index >= 15 is 0 Å². The van der Waals surface area contributed by atoms with E-state index in [1.807, 2.05) is 0 Å². The second kappa shape index (κ2) is 5.01. The Labute approximate surface area is 110 Å². The number of rotatable bonds is 3. The van der Waals surface area contributed by atoms with Gasteiger partial charge in [-0.1, -0.05) is 36.0 Å². The third kappa shape index (κ3) is 3.03. The molecule has 0 radical (unpaired) electrons. The van der Waals surface area contributed by atoms with Crippen LogP contribution in [0.25, 0.3) is 0 Å². The van der Waals surface area contributed by atoms with Crippen molar-refractivity contribution in [1.82, 2.24) is 0 Å². The molecule has 17 heavy (non-hydrogen) atoms. The van der Waals surface area contributed by atoms with Crippen LogP contribution in [0.1, 0.15) is 25.7 Å². The van der Waals surface area contributed by atoms with Crippen LogP contribution < -0.4 is 5.32 Å². The zero-order chi connectivity index (χ0) is 12.5. The maximum Gasteiger partial charge on any atom is 0.126 e. The van der Waals surface area contributed by atoms with E-state index in [1.165, 1.54) is 12.1 Å². The molecule has 5 heteroatoms. The average molecular weight is 278 g/mol. The Bertz CT molecular complexity index is 396. The maximum absolute atomic E-state index is 13.0. The third-order valence-corrected chi connectivity index (χ3v) is 3.73. The van der Waals surface area contributed by atoms with Crippen molar-refractivity contribution < 1.29 is 9.50 Å². The quantitative estimate of drug-likeness (QED) is 0.880. The van der Waals surface area contributed by atoms with Crippen molar-refractivity contribution in [3.05, 3.63) is 28.0 Å². The normalized spacial score (nSPS) is 18.4. The van der Waals surface area contributed by atoms with Crippen LogP contribution in [-0.4, -0.2) is 17.3 Å². The zero-order valence-corrected chi connectivity index (χ0v) is 10.8. The van der Waals surface area contributed by atoms with Gasteiger partial charge >= 0.3 is 0 Å². The smallest absolute Gasteiger partial charge is 0.126 e. The van der Waals surface area contributed by atoms with Crippen LogP contribution in [0, 0.1) is 5.82 Å². The molecule has 2 N–H and O–H groups in total. The molecule has 0 bridgehead atoms. The molecule has 1 aromatic carbocycles. The standard InChI is InChI=1S/C12H14Cl2FNO/c13-9-5-8(15)6-10(14)11(9)16-7-12(17)3-1-2-4-12/h5-6,16-17H,1-4,7H2. The van der Waals surface area contributed by atoms with Gasteiger partial charge in [-0.15, -0.1) is 0 Å². The van der Waals surface area contributed by atoms with E-state index < -0.39 is 11.4 Å². The summed E-state index contributed by atoms with van der Waals surface area (Å²) in [5.74, 6) is -0.467. The molecule has 0 heterocycles. The summed E-state index contributed by atoms with van der Waals surface area (Å²) >= 11 is 11.8. The van der Waals surface area contributed by atoms with Gasteiger partial charge in [-0.2, -0.15) is 0 Å². The highest BCUT2D eigenvalue weighted by Gasteiger charge is 2.31. The Kier molecular flexibility index (Phi) is 3.81. The lowest BCUT2D eigenvalue weighted by Gasteiger charge is -2.23. The first-order valence-electron chi connectivity index (χ1n) is 5.61. The molecule has 1 saturated carbocycles. The number of halogens is 3. The molecule has 0 atom stereocenters. The van der Waals surface area contributed by atoms with E-state index in [-0.39, 0.29) is 10.0 Å². The summed E-state index contributed by atoms with van der Waals surface area (Å²) in [6, 6.07) is 2.41. The second-order valence-electron chi connectivity index (χ2n) is 4.53. The highest BCUT2D eigenvalue weighted by molar-refractivity contribution is 6.39. The lowest BCUT2D eigenvalue weighted by atomic mass is 10.0. The van der Waals surface area contributed by atoms with Gasteiger partial charge in [0.15, 0.2) is 0 Å². The number of hydrogen-bond acceptors (Lipinski definition) is 2. The number of anilines is 1. The predicted octanol–water partition coefficient (Wildman–Crippen LogP) is 3.85. The lowest BCUT2D eigenvalue weighted by Crippen LogP contribution is -2.33. The molecule has 0 spiro atoms. The van der Waals surface area contributed by atoms with Gasteiger partial charge in [-0.25, -0.2) is 4.39 Å². The minimum absolute atomic E-state index is 0.233. The Morgan fingerprint density at radius 1 is 1.24 bits per heavy atom. The fourth-order valence-electron chi connectivity index (χ4n) is 2.17. The Morgan fingerprint density at radius 2 is 1.76 bits per heavy atom. The van der Waals surface area contributed by atoms with E-state index in [2.05, 4.69) is 5.32 Å². The summed E-state index contributed by atoms with van der Waals surface area (Å²) in [7, 11) is 0. The molecule has 94 valence electrons. The molecular formula is C12H14Cl2FNO. The van der Waals surface area contributed by atoms with Gasteiger partial charge in [0.25, 0.3) is 0 Å². The lowest BCUT2D eigenvalue weighted by molar-refractivity contribution is 0.0615. The molecule has 0 unspecified atom stereocenters. The van der Waals surface area contributed by atoms with E-state index in [4.69, 9.17) is 23.2 Å². The maximum atomic E-state index is 13.0. The minimum Gasteiger partial charge on any atom is -0.388 e. The van der Waals surface area contributed by atoms with E-state index in [9.17, 15) is 9.50 Å². The van der Waals surface area contributed by atoms with E-state index in [0.29, 0.717) is 12.2 Å². The number of benzene rings is 1. The summed E-state index contributed by atoms with van der Waals surface area (Å²) in [4.78, 5) is 0. The highest BCUT2D eigenvalue weighted by Crippen LogP contribution is 2.34. The van der Waals surface area contributed by atoms with Crippen molar-refractivity contribution in [1.29, 1.82) is 0 Å². The molecule has 1 aliphatic rings. The summed E-state index contributed by atoms with van der Waals surface area (Å²) in [5, 5.41) is 13.6. The third-order valence-electron chi connectivity index (χ3n) is 3.14. The second-order valence-corrected chi connectivity index (χ2v) is 5.34. The molecule has 1 fully saturated rings. The van der Waals surface area contributed by atoms with Crippen LogP contribution >= 0.6 is 23.2 Å². The first kappa shape index (κ1) is 12.9. The van der Waals surface area contributed by atoms with Crippen LogP contribution in [0.4, 0.5) is 10.1 Å². The van der Waals surface area contributed by atoms with Crippen LogP contribution in [-0.2, 0) is 0 Å². The van der Waals surface area contributed by atoms with Crippen molar-refractivity contribution in [3.8, 4) is 0 Å². The number of hydrogen-bond donors (Lipinski definition) is 2. The molecule has 2 rings (SSSR count). The fourth-order valence-corrected chi connectivity index (χ4v) is 2.77. The molecule has 1 aliphatic carbocycles. The van der Waals surface area contributed by atoms with Gasteiger partial charge < -0.3 is 10.4 Å². The largest absolute Gasteiger partial charge is 0.388 e. The number of nitrogens with one attached hydrogen (secondary N) is 1. The molecule has 0 aromatic heterocycles. The van der Waals surface area contributed by atoms with Gasteiger partial charge in [-0.05, 0) is 25.0 Å². The zero-order valence-electron chi connectivity index (χ0n) is 9.27. The Balaban J connectivity index is 2.08. The SMILES string of the molecule is OC1(CNc2c(Cl)cc(F)cc2Cl)CCCC1. The summed E-state index contributed by atoms with van der Waals surface area (Å²) in [5.41, 5.74) is -0.212. The monoisotopic (exact) mass is 277 g/mol. The molecule has 2 nitrogen and oxygen atoms in total. The predicted molar refractivity (Wildman–Crippen MR) is 68.3 cm³/mol. The topological polar surface area (TPSA) is 32.3 Å². The molecule has 0 amide bonds. The summed E-state index contributed by atoms with van der Waals surface area (Å²) in [6.45, 7) is 0.387. The highest BCUT2D eigenvalue weighted by atomic mass is 35.5. The van der Waals surface area contributed by atoms with Crippen molar-refractivity contribution in [2.24, 2.45) is 0 Å². The molecule has 0 saturated heterocycles.